The van der Waals surface area contributed by atoms with E-state index >= 15 is 0 Å². The van der Waals surface area contributed by atoms with Gasteiger partial charge in [-0.05, 0) is 80.8 Å². The van der Waals surface area contributed by atoms with Crippen molar-refractivity contribution in [2.75, 3.05) is 18.6 Å². The number of hydrogen-bond donors (Lipinski definition) is 0. The zero-order chi connectivity index (χ0) is 23.4. The average molecular weight is 442 g/mol. The van der Waals surface area contributed by atoms with Gasteiger partial charge in [0.05, 0.1) is 17.2 Å². The number of anilines is 1. The minimum atomic E-state index is -0.660. The van der Waals surface area contributed by atoms with Crippen LogP contribution in [0.2, 0.25) is 0 Å². The highest BCUT2D eigenvalue weighted by Gasteiger charge is 2.55. The van der Waals surface area contributed by atoms with Gasteiger partial charge in [0.25, 0.3) is 5.91 Å². The summed E-state index contributed by atoms with van der Waals surface area (Å²) in [6.45, 7) is 7.14. The zero-order valence-corrected chi connectivity index (χ0v) is 19.8. The average Bonchev–Trinajstić information content (AvgIpc) is 3.32. The molecule has 5 rings (SSSR count). The summed E-state index contributed by atoms with van der Waals surface area (Å²) >= 11 is 0. The molecular formula is C28H31N3O2. The maximum Gasteiger partial charge on any atom is 0.274 e. The van der Waals surface area contributed by atoms with E-state index in [-0.39, 0.29) is 17.4 Å². The first-order valence-electron chi connectivity index (χ1n) is 11.8. The molecule has 5 heteroatoms. The van der Waals surface area contributed by atoms with E-state index in [2.05, 4.69) is 45.0 Å². The molecule has 0 radical (unpaired) electrons. The Morgan fingerprint density at radius 2 is 1.88 bits per heavy atom. The van der Waals surface area contributed by atoms with Crippen LogP contribution in [-0.2, 0) is 10.3 Å². The summed E-state index contributed by atoms with van der Waals surface area (Å²) in [6.07, 6.45) is 2.73. The van der Waals surface area contributed by atoms with Crippen molar-refractivity contribution >= 4 is 22.5 Å². The Kier molecular flexibility index (Phi) is 5.10. The lowest BCUT2D eigenvalue weighted by molar-refractivity contribution is -0.0592. The molecule has 5 nitrogen and oxygen atoms in total. The number of carbonyl (C=O) groups excluding carboxylic acids is 1. The number of ether oxygens (including phenoxy) is 1. The molecule has 2 aromatic carbocycles. The summed E-state index contributed by atoms with van der Waals surface area (Å²) < 4.78 is 7.92. The van der Waals surface area contributed by atoms with Crippen molar-refractivity contribution in [1.82, 2.24) is 4.57 Å². The van der Waals surface area contributed by atoms with Crippen molar-refractivity contribution in [3.63, 3.8) is 0 Å². The summed E-state index contributed by atoms with van der Waals surface area (Å²) in [5, 5.41) is 11.1. The maximum atomic E-state index is 13.7. The monoisotopic (exact) mass is 441 g/mol. The fourth-order valence-electron chi connectivity index (χ4n) is 5.46. The number of nitriles is 1. The molecule has 1 amide bonds. The van der Waals surface area contributed by atoms with Crippen molar-refractivity contribution in [2.45, 2.75) is 57.1 Å². The van der Waals surface area contributed by atoms with E-state index in [1.54, 1.807) is 11.9 Å². The van der Waals surface area contributed by atoms with E-state index in [1.807, 2.05) is 41.0 Å². The predicted molar refractivity (Wildman–Crippen MR) is 130 cm³/mol. The molecule has 33 heavy (non-hydrogen) atoms. The number of rotatable bonds is 4. The van der Waals surface area contributed by atoms with Crippen LogP contribution in [0.15, 0.2) is 54.6 Å². The highest BCUT2D eigenvalue weighted by molar-refractivity contribution is 6.08. The quantitative estimate of drug-likeness (QED) is 0.510. The van der Waals surface area contributed by atoms with E-state index in [1.165, 1.54) is 5.56 Å². The number of nitrogens with zero attached hydrogens (tertiary/aromatic N) is 3. The van der Waals surface area contributed by atoms with Crippen molar-refractivity contribution in [2.24, 2.45) is 5.92 Å². The van der Waals surface area contributed by atoms with Gasteiger partial charge in [0, 0.05) is 24.7 Å². The number of fused-ring (bicyclic) bond motifs is 1. The molecule has 2 fully saturated rings. The largest absolute Gasteiger partial charge is 0.376 e. The molecule has 1 aliphatic carbocycles. The van der Waals surface area contributed by atoms with Gasteiger partial charge >= 0.3 is 0 Å². The predicted octanol–water partition coefficient (Wildman–Crippen LogP) is 5.85. The van der Waals surface area contributed by atoms with Crippen LogP contribution in [0, 0.1) is 17.2 Å². The lowest BCUT2D eigenvalue weighted by atomic mass is 9.83. The molecule has 2 heterocycles. The van der Waals surface area contributed by atoms with Gasteiger partial charge in [0.2, 0.25) is 0 Å². The SMILES string of the molecule is C[C@H]1C[C@@]1(C#N)n1c(C(=O)N(C)c2ccccc2)cc2cc([C@@H]3CCOC(C)(C)C3)ccc21. The van der Waals surface area contributed by atoms with Gasteiger partial charge in [-0.3, -0.25) is 4.79 Å². The number of benzene rings is 2. The molecule has 1 aliphatic heterocycles. The van der Waals surface area contributed by atoms with Crippen LogP contribution in [0.4, 0.5) is 5.69 Å². The summed E-state index contributed by atoms with van der Waals surface area (Å²) in [5.41, 5.74) is 2.86. The molecule has 0 N–H and O–H groups in total. The van der Waals surface area contributed by atoms with Gasteiger partial charge in [0.1, 0.15) is 11.2 Å². The van der Waals surface area contributed by atoms with E-state index in [0.717, 1.165) is 42.5 Å². The standard InChI is InChI=1S/C28H31N3O2/c1-19-16-28(19,18-29)31-24-11-10-20(21-12-13-33-27(2,3)17-21)14-22(24)15-25(31)26(32)30(4)23-8-6-5-7-9-23/h5-11,14-15,19,21H,12-13,16-17H2,1-4H3/t19-,21+,28-/m0/s1. The second kappa shape index (κ2) is 7.74. The first-order valence-corrected chi connectivity index (χ1v) is 11.8. The van der Waals surface area contributed by atoms with Gasteiger partial charge in [-0.15, -0.1) is 0 Å². The topological polar surface area (TPSA) is 58.3 Å². The second-order valence-electron chi connectivity index (χ2n) is 10.3. The van der Waals surface area contributed by atoms with Crippen molar-refractivity contribution < 1.29 is 9.53 Å². The molecule has 3 atom stereocenters. The van der Waals surface area contributed by atoms with Crippen LogP contribution in [-0.4, -0.2) is 29.7 Å². The Labute approximate surface area is 195 Å². The fraction of sp³-hybridized carbons (Fsp3) is 0.429. The Morgan fingerprint density at radius 3 is 2.52 bits per heavy atom. The number of para-hydroxylation sites is 1. The maximum absolute atomic E-state index is 13.7. The number of carbonyl (C=O) groups is 1. The Balaban J connectivity index is 1.61. The van der Waals surface area contributed by atoms with Crippen molar-refractivity contribution in [3.8, 4) is 6.07 Å². The third-order valence-electron chi connectivity index (χ3n) is 7.53. The van der Waals surface area contributed by atoms with Crippen LogP contribution < -0.4 is 4.90 Å². The van der Waals surface area contributed by atoms with Crippen LogP contribution >= 0.6 is 0 Å². The summed E-state index contributed by atoms with van der Waals surface area (Å²) in [7, 11) is 1.80. The number of amides is 1. The van der Waals surface area contributed by atoms with Gasteiger partial charge in [-0.25, -0.2) is 0 Å². The van der Waals surface area contributed by atoms with Crippen LogP contribution in [0.5, 0.6) is 0 Å². The molecular weight excluding hydrogens is 410 g/mol. The Hall–Kier alpha value is -3.10. The third kappa shape index (κ3) is 3.63. The lowest BCUT2D eigenvalue weighted by Gasteiger charge is -2.35. The van der Waals surface area contributed by atoms with Gasteiger partial charge in [-0.2, -0.15) is 5.26 Å². The Morgan fingerprint density at radius 1 is 1.15 bits per heavy atom. The molecule has 3 aromatic rings. The Bertz CT molecular complexity index is 1250. The third-order valence-corrected chi connectivity index (χ3v) is 7.53. The van der Waals surface area contributed by atoms with E-state index in [0.29, 0.717) is 11.6 Å². The first-order chi connectivity index (χ1) is 15.8. The van der Waals surface area contributed by atoms with E-state index in [9.17, 15) is 10.1 Å². The summed E-state index contributed by atoms with van der Waals surface area (Å²) in [4.78, 5) is 15.4. The van der Waals surface area contributed by atoms with Crippen molar-refractivity contribution in [1.29, 1.82) is 5.26 Å². The number of hydrogen-bond acceptors (Lipinski definition) is 3. The highest BCUT2D eigenvalue weighted by atomic mass is 16.5. The highest BCUT2D eigenvalue weighted by Crippen LogP contribution is 2.52. The molecule has 0 bridgehead atoms. The van der Waals surface area contributed by atoms with Crippen LogP contribution in [0.1, 0.15) is 62.0 Å². The normalized spacial score (nSPS) is 26.0. The smallest absolute Gasteiger partial charge is 0.274 e. The molecule has 170 valence electrons. The fourth-order valence-corrected chi connectivity index (χ4v) is 5.46. The van der Waals surface area contributed by atoms with E-state index in [4.69, 9.17) is 4.74 Å². The lowest BCUT2D eigenvalue weighted by Crippen LogP contribution is -2.33. The molecule has 1 saturated carbocycles. The second-order valence-corrected chi connectivity index (χ2v) is 10.3. The van der Waals surface area contributed by atoms with Gasteiger partial charge < -0.3 is 14.2 Å². The zero-order valence-electron chi connectivity index (χ0n) is 19.8. The van der Waals surface area contributed by atoms with E-state index < -0.39 is 5.54 Å². The minimum Gasteiger partial charge on any atom is -0.376 e. The molecule has 1 saturated heterocycles. The van der Waals surface area contributed by atoms with Crippen LogP contribution in [0.3, 0.4) is 0 Å². The van der Waals surface area contributed by atoms with Gasteiger partial charge in [0.15, 0.2) is 0 Å². The molecule has 0 spiro atoms. The van der Waals surface area contributed by atoms with Gasteiger partial charge in [-0.1, -0.05) is 31.2 Å². The summed E-state index contributed by atoms with van der Waals surface area (Å²) in [5.74, 6) is 0.542. The first kappa shape index (κ1) is 21.7. The minimum absolute atomic E-state index is 0.0973. The molecule has 1 aromatic heterocycles. The van der Waals surface area contributed by atoms with Crippen LogP contribution in [0.25, 0.3) is 10.9 Å². The molecule has 2 aliphatic rings. The van der Waals surface area contributed by atoms with Crippen molar-refractivity contribution in [3.05, 3.63) is 65.9 Å². The molecule has 0 unspecified atom stereocenters. The summed E-state index contributed by atoms with van der Waals surface area (Å²) in [6, 6.07) is 20.7. The number of aromatic nitrogens is 1.